The van der Waals surface area contributed by atoms with Crippen molar-refractivity contribution in [1.29, 1.82) is 0 Å². The Morgan fingerprint density at radius 2 is 1.71 bits per heavy atom. The van der Waals surface area contributed by atoms with Crippen LogP contribution in [0.3, 0.4) is 0 Å². The van der Waals surface area contributed by atoms with Crippen LogP contribution in [0.2, 0.25) is 10.2 Å². The SMILES string of the molecule is CNC(=O)c1ccc(-n2c(=O)n(CC3CCC(NC(=O)c4cc(Cl)cnc4Cl)CC3)c3ccccc32)cn1. The van der Waals surface area contributed by atoms with Crippen LogP contribution < -0.4 is 16.3 Å². The van der Waals surface area contributed by atoms with Crippen molar-refractivity contribution in [1.82, 2.24) is 29.7 Å². The van der Waals surface area contributed by atoms with Crippen molar-refractivity contribution < 1.29 is 9.59 Å². The van der Waals surface area contributed by atoms with E-state index in [-0.39, 0.29) is 45.9 Å². The van der Waals surface area contributed by atoms with Crippen molar-refractivity contribution >= 4 is 46.0 Å². The van der Waals surface area contributed by atoms with Crippen LogP contribution >= 0.6 is 23.2 Å². The van der Waals surface area contributed by atoms with Gasteiger partial charge in [-0.1, -0.05) is 35.3 Å². The van der Waals surface area contributed by atoms with E-state index in [0.29, 0.717) is 17.3 Å². The van der Waals surface area contributed by atoms with E-state index in [4.69, 9.17) is 23.2 Å². The van der Waals surface area contributed by atoms with Gasteiger partial charge in [-0.15, -0.1) is 0 Å². The summed E-state index contributed by atoms with van der Waals surface area (Å²) >= 11 is 12.0. The molecular weight excluding hydrogens is 527 g/mol. The molecule has 0 saturated heterocycles. The number of rotatable bonds is 6. The summed E-state index contributed by atoms with van der Waals surface area (Å²) in [6.45, 7) is 0.570. The number of aromatic nitrogens is 4. The molecule has 0 bridgehead atoms. The third kappa shape index (κ3) is 5.16. The van der Waals surface area contributed by atoms with Gasteiger partial charge < -0.3 is 10.6 Å². The van der Waals surface area contributed by atoms with Crippen LogP contribution in [0, 0.1) is 5.92 Å². The molecule has 9 nitrogen and oxygen atoms in total. The smallest absolute Gasteiger partial charge is 0.333 e. The number of halogens is 2. The van der Waals surface area contributed by atoms with Crippen LogP contribution in [0.5, 0.6) is 0 Å². The zero-order valence-electron chi connectivity index (χ0n) is 20.7. The van der Waals surface area contributed by atoms with Crippen LogP contribution in [0.4, 0.5) is 0 Å². The highest BCUT2D eigenvalue weighted by Crippen LogP contribution is 2.28. The number of amides is 2. The van der Waals surface area contributed by atoms with E-state index in [0.717, 1.165) is 36.7 Å². The van der Waals surface area contributed by atoms with Gasteiger partial charge in [-0.05, 0) is 61.9 Å². The van der Waals surface area contributed by atoms with Crippen molar-refractivity contribution in [2.45, 2.75) is 38.3 Å². The van der Waals surface area contributed by atoms with E-state index in [1.807, 2.05) is 28.8 Å². The monoisotopic (exact) mass is 552 g/mol. The number of para-hydroxylation sites is 2. The molecule has 2 amide bonds. The molecule has 1 aliphatic rings. The summed E-state index contributed by atoms with van der Waals surface area (Å²) in [5.74, 6) is -0.292. The van der Waals surface area contributed by atoms with E-state index in [1.165, 1.54) is 12.3 Å². The van der Waals surface area contributed by atoms with Gasteiger partial charge in [-0.2, -0.15) is 0 Å². The number of hydrogen-bond acceptors (Lipinski definition) is 5. The number of carbonyl (C=O) groups is 2. The number of pyridine rings is 2. The molecule has 1 saturated carbocycles. The topological polar surface area (TPSA) is 111 Å². The number of imidazole rings is 1. The van der Waals surface area contributed by atoms with Crippen molar-refractivity contribution in [2.75, 3.05) is 7.05 Å². The van der Waals surface area contributed by atoms with Gasteiger partial charge in [-0.3, -0.25) is 18.7 Å². The predicted octanol–water partition coefficient (Wildman–Crippen LogP) is 4.24. The average molecular weight is 553 g/mol. The van der Waals surface area contributed by atoms with Crippen molar-refractivity contribution in [3.8, 4) is 5.69 Å². The van der Waals surface area contributed by atoms with Crippen LogP contribution in [0.25, 0.3) is 16.7 Å². The third-order valence-electron chi connectivity index (χ3n) is 6.97. The van der Waals surface area contributed by atoms with Crippen LogP contribution in [0.1, 0.15) is 46.5 Å². The fourth-order valence-corrected chi connectivity index (χ4v) is 5.35. The van der Waals surface area contributed by atoms with Crippen LogP contribution in [-0.4, -0.2) is 44.0 Å². The Morgan fingerprint density at radius 1 is 0.974 bits per heavy atom. The highest BCUT2D eigenvalue weighted by Gasteiger charge is 2.26. The quantitative estimate of drug-likeness (QED) is 0.347. The maximum atomic E-state index is 13.6. The van der Waals surface area contributed by atoms with Crippen molar-refractivity contribution in [3.05, 3.63) is 86.8 Å². The number of nitrogens with zero attached hydrogens (tertiary/aromatic N) is 4. The van der Waals surface area contributed by atoms with Gasteiger partial charge in [-0.25, -0.2) is 14.8 Å². The number of benzene rings is 1. The minimum Gasteiger partial charge on any atom is -0.354 e. The molecule has 2 N–H and O–H groups in total. The lowest BCUT2D eigenvalue weighted by Gasteiger charge is -2.29. The molecule has 0 unspecified atom stereocenters. The first-order chi connectivity index (χ1) is 18.4. The Hall–Kier alpha value is -3.69. The van der Waals surface area contributed by atoms with Gasteiger partial charge in [0.25, 0.3) is 11.8 Å². The van der Waals surface area contributed by atoms with Crippen molar-refractivity contribution in [2.24, 2.45) is 5.92 Å². The van der Waals surface area contributed by atoms with Crippen LogP contribution in [0.15, 0.2) is 59.7 Å². The van der Waals surface area contributed by atoms with E-state index in [2.05, 4.69) is 20.6 Å². The first-order valence-electron chi connectivity index (χ1n) is 12.4. The predicted molar refractivity (Wildman–Crippen MR) is 146 cm³/mol. The van der Waals surface area contributed by atoms with E-state index < -0.39 is 0 Å². The highest BCUT2D eigenvalue weighted by molar-refractivity contribution is 6.34. The maximum Gasteiger partial charge on any atom is 0.333 e. The lowest BCUT2D eigenvalue weighted by atomic mass is 9.86. The highest BCUT2D eigenvalue weighted by atomic mass is 35.5. The van der Waals surface area contributed by atoms with Gasteiger partial charge in [0.15, 0.2) is 0 Å². The molecule has 38 heavy (non-hydrogen) atoms. The normalized spacial score (nSPS) is 17.3. The second-order valence-electron chi connectivity index (χ2n) is 9.38. The lowest BCUT2D eigenvalue weighted by molar-refractivity contribution is 0.0918. The average Bonchev–Trinajstić information content (AvgIpc) is 3.21. The third-order valence-corrected chi connectivity index (χ3v) is 7.48. The summed E-state index contributed by atoms with van der Waals surface area (Å²) in [6, 6.07) is 12.5. The van der Waals surface area contributed by atoms with Crippen LogP contribution in [-0.2, 0) is 6.54 Å². The Morgan fingerprint density at radius 3 is 2.39 bits per heavy atom. The molecule has 0 spiro atoms. The molecule has 11 heteroatoms. The molecule has 5 rings (SSSR count). The minimum absolute atomic E-state index is 0.0109. The standard InChI is InChI=1S/C27H26Cl2N6O3/c1-30-26(37)21-11-10-19(14-31-21)35-23-5-3-2-4-22(23)34(27(35)38)15-16-6-8-18(9-7-16)33-25(36)20-12-17(28)13-32-24(20)29/h2-5,10-14,16,18H,6-9,15H2,1H3,(H,30,37)(H,33,36). The summed E-state index contributed by atoms with van der Waals surface area (Å²) in [4.78, 5) is 46.3. The Balaban J connectivity index is 1.31. The van der Waals surface area contributed by atoms with Gasteiger partial charge in [0.05, 0.1) is 33.5 Å². The molecule has 196 valence electrons. The summed E-state index contributed by atoms with van der Waals surface area (Å²) in [5.41, 5.74) is 2.60. The molecular formula is C27H26Cl2N6O3. The van der Waals surface area contributed by atoms with E-state index in [1.54, 1.807) is 29.9 Å². The lowest BCUT2D eigenvalue weighted by Crippen LogP contribution is -2.38. The van der Waals surface area contributed by atoms with Gasteiger partial charge in [0, 0.05) is 25.8 Å². The fourth-order valence-electron chi connectivity index (χ4n) is 5.01. The Labute approximate surface area is 228 Å². The molecule has 3 heterocycles. The fraction of sp³-hybridized carbons (Fsp3) is 0.296. The molecule has 3 aromatic heterocycles. The summed E-state index contributed by atoms with van der Waals surface area (Å²) in [6.07, 6.45) is 6.25. The number of carbonyl (C=O) groups excluding carboxylic acids is 2. The van der Waals surface area contributed by atoms with Crippen molar-refractivity contribution in [3.63, 3.8) is 0 Å². The second kappa shape index (κ2) is 11.0. The first kappa shape index (κ1) is 25.9. The molecule has 1 aliphatic carbocycles. The van der Waals surface area contributed by atoms with E-state index >= 15 is 0 Å². The zero-order chi connectivity index (χ0) is 26.8. The van der Waals surface area contributed by atoms with Gasteiger partial charge in [0.2, 0.25) is 0 Å². The van der Waals surface area contributed by atoms with E-state index in [9.17, 15) is 14.4 Å². The Bertz CT molecular complexity index is 1560. The molecule has 1 aromatic carbocycles. The Kier molecular flexibility index (Phi) is 7.49. The number of nitrogens with one attached hydrogen (secondary N) is 2. The summed E-state index contributed by atoms with van der Waals surface area (Å²) in [5, 5.41) is 6.06. The molecule has 0 aliphatic heterocycles. The largest absolute Gasteiger partial charge is 0.354 e. The van der Waals surface area contributed by atoms with Gasteiger partial charge in [0.1, 0.15) is 10.8 Å². The summed E-state index contributed by atoms with van der Waals surface area (Å²) < 4.78 is 3.44. The zero-order valence-corrected chi connectivity index (χ0v) is 22.2. The first-order valence-corrected chi connectivity index (χ1v) is 13.1. The molecule has 4 aromatic rings. The maximum absolute atomic E-state index is 13.6. The number of hydrogen-bond donors (Lipinski definition) is 2. The summed E-state index contributed by atoms with van der Waals surface area (Å²) in [7, 11) is 1.55. The second-order valence-corrected chi connectivity index (χ2v) is 10.2. The molecule has 0 atom stereocenters. The molecule has 1 fully saturated rings. The number of fused-ring (bicyclic) bond motifs is 1. The minimum atomic E-state index is -0.288. The molecule has 0 radical (unpaired) electrons. The van der Waals surface area contributed by atoms with Gasteiger partial charge >= 0.3 is 5.69 Å².